The standard InChI is InChI=1S/C21H32FN3O3S/c1-5-21(8-9-23(15-21)20(26)16(2)3)24-10-12-25(13-11-24)29(27,28)18-6-7-19(22)17(4)14-18/h6-7,14,16H,5,8-13,15H2,1-4H3/t21-/m0/s1. The highest BCUT2D eigenvalue weighted by Gasteiger charge is 2.45. The maximum absolute atomic E-state index is 13.5. The van der Waals surface area contributed by atoms with Gasteiger partial charge < -0.3 is 4.90 Å². The number of amides is 1. The summed E-state index contributed by atoms with van der Waals surface area (Å²) in [7, 11) is -3.63. The number of aryl methyl sites for hydroxylation is 1. The Labute approximate surface area is 173 Å². The highest BCUT2D eigenvalue weighted by Crippen LogP contribution is 2.33. The minimum atomic E-state index is -3.63. The zero-order chi connectivity index (χ0) is 21.4. The number of carbonyl (C=O) groups excluding carboxylic acids is 1. The van der Waals surface area contributed by atoms with Crippen molar-refractivity contribution in [2.24, 2.45) is 5.92 Å². The number of sulfonamides is 1. The summed E-state index contributed by atoms with van der Waals surface area (Å²) >= 11 is 0. The fourth-order valence-corrected chi connectivity index (χ4v) is 6.02. The third-order valence-electron chi connectivity index (χ3n) is 6.47. The fraction of sp³-hybridized carbons (Fsp3) is 0.667. The number of carbonyl (C=O) groups is 1. The molecular formula is C21H32FN3O3S. The van der Waals surface area contributed by atoms with Gasteiger partial charge in [-0.1, -0.05) is 20.8 Å². The molecule has 1 amide bonds. The number of piperazine rings is 1. The lowest BCUT2D eigenvalue weighted by molar-refractivity contribution is -0.134. The fourth-order valence-electron chi connectivity index (χ4n) is 4.51. The van der Waals surface area contributed by atoms with Gasteiger partial charge in [0.05, 0.1) is 4.90 Å². The molecule has 0 saturated carbocycles. The number of nitrogens with zero attached hydrogens (tertiary/aromatic N) is 3. The van der Waals surface area contributed by atoms with Gasteiger partial charge in [-0.3, -0.25) is 9.69 Å². The van der Waals surface area contributed by atoms with Gasteiger partial charge in [0.1, 0.15) is 5.82 Å². The van der Waals surface area contributed by atoms with Crippen LogP contribution >= 0.6 is 0 Å². The Morgan fingerprint density at radius 3 is 2.38 bits per heavy atom. The van der Waals surface area contributed by atoms with Crippen LogP contribution in [0.3, 0.4) is 0 Å². The SMILES string of the molecule is CC[C@]1(N2CCN(S(=O)(=O)c3ccc(F)c(C)c3)CC2)CCN(C(=O)C(C)C)C1. The predicted molar refractivity (Wildman–Crippen MR) is 111 cm³/mol. The van der Waals surface area contributed by atoms with Crippen molar-refractivity contribution < 1.29 is 17.6 Å². The van der Waals surface area contributed by atoms with Crippen LogP contribution in [0.1, 0.15) is 39.2 Å². The van der Waals surface area contributed by atoms with Crippen LogP contribution < -0.4 is 0 Å². The van der Waals surface area contributed by atoms with Gasteiger partial charge in [0.15, 0.2) is 0 Å². The van der Waals surface area contributed by atoms with Crippen LogP contribution in [0.2, 0.25) is 0 Å². The van der Waals surface area contributed by atoms with Crippen LogP contribution in [0, 0.1) is 18.7 Å². The molecule has 0 radical (unpaired) electrons. The second-order valence-electron chi connectivity index (χ2n) is 8.54. The molecule has 2 heterocycles. The zero-order valence-corrected chi connectivity index (χ0v) is 18.6. The molecule has 2 aliphatic rings. The lowest BCUT2D eigenvalue weighted by Crippen LogP contribution is -2.59. The van der Waals surface area contributed by atoms with Gasteiger partial charge in [-0.15, -0.1) is 0 Å². The Hall–Kier alpha value is -1.51. The summed E-state index contributed by atoms with van der Waals surface area (Å²) < 4.78 is 41.0. The Kier molecular flexibility index (Phi) is 6.36. The molecule has 8 heteroatoms. The van der Waals surface area contributed by atoms with Gasteiger partial charge in [-0.05, 0) is 43.5 Å². The van der Waals surface area contributed by atoms with Crippen LogP contribution in [-0.2, 0) is 14.8 Å². The second-order valence-corrected chi connectivity index (χ2v) is 10.5. The topological polar surface area (TPSA) is 60.9 Å². The Balaban J connectivity index is 1.69. The predicted octanol–water partition coefficient (Wildman–Crippen LogP) is 2.48. The molecule has 2 saturated heterocycles. The molecule has 6 nitrogen and oxygen atoms in total. The van der Waals surface area contributed by atoms with Crippen molar-refractivity contribution in [1.82, 2.24) is 14.1 Å². The second kappa shape index (κ2) is 8.32. The summed E-state index contributed by atoms with van der Waals surface area (Å²) in [5.74, 6) is -0.225. The Bertz CT molecular complexity index is 866. The normalized spacial score (nSPS) is 24.4. The first kappa shape index (κ1) is 22.2. The van der Waals surface area contributed by atoms with Crippen LogP contribution in [-0.4, -0.2) is 73.2 Å². The molecule has 2 aliphatic heterocycles. The van der Waals surface area contributed by atoms with Gasteiger partial charge in [0.2, 0.25) is 15.9 Å². The molecular weight excluding hydrogens is 393 g/mol. The summed E-state index contributed by atoms with van der Waals surface area (Å²) in [5, 5.41) is 0. The van der Waals surface area contributed by atoms with E-state index in [1.54, 1.807) is 6.92 Å². The van der Waals surface area contributed by atoms with Crippen LogP contribution in [0.4, 0.5) is 4.39 Å². The van der Waals surface area contributed by atoms with Gasteiger partial charge in [0.25, 0.3) is 0 Å². The molecule has 0 spiro atoms. The van der Waals surface area contributed by atoms with Crippen LogP contribution in [0.25, 0.3) is 0 Å². The number of halogens is 1. The molecule has 29 heavy (non-hydrogen) atoms. The minimum absolute atomic E-state index is 0.0104. The molecule has 1 atom stereocenters. The molecule has 3 rings (SSSR count). The van der Waals surface area contributed by atoms with E-state index in [2.05, 4.69) is 11.8 Å². The van der Waals surface area contributed by atoms with Crippen molar-refractivity contribution in [2.45, 2.75) is 51.0 Å². The molecule has 2 fully saturated rings. The molecule has 1 aromatic rings. The third-order valence-corrected chi connectivity index (χ3v) is 8.37. The lowest BCUT2D eigenvalue weighted by atomic mass is 9.92. The first-order valence-electron chi connectivity index (χ1n) is 10.4. The quantitative estimate of drug-likeness (QED) is 0.727. The summed E-state index contributed by atoms with van der Waals surface area (Å²) in [4.78, 5) is 16.9. The van der Waals surface area contributed by atoms with E-state index in [1.807, 2.05) is 18.7 Å². The highest BCUT2D eigenvalue weighted by molar-refractivity contribution is 7.89. The van der Waals surface area contributed by atoms with Crippen molar-refractivity contribution in [3.05, 3.63) is 29.6 Å². The van der Waals surface area contributed by atoms with Crippen molar-refractivity contribution in [3.63, 3.8) is 0 Å². The van der Waals surface area contributed by atoms with E-state index in [1.165, 1.54) is 22.5 Å². The van der Waals surface area contributed by atoms with Crippen LogP contribution in [0.15, 0.2) is 23.1 Å². The number of hydrogen-bond acceptors (Lipinski definition) is 4. The summed E-state index contributed by atoms with van der Waals surface area (Å²) in [5.41, 5.74) is 0.253. The molecule has 0 aliphatic carbocycles. The van der Waals surface area contributed by atoms with Crippen molar-refractivity contribution >= 4 is 15.9 Å². The third kappa shape index (κ3) is 4.20. The molecule has 0 N–H and O–H groups in total. The number of likely N-dealkylation sites (tertiary alicyclic amines) is 1. The maximum Gasteiger partial charge on any atom is 0.243 e. The van der Waals surface area contributed by atoms with E-state index in [0.29, 0.717) is 38.3 Å². The van der Waals surface area contributed by atoms with Crippen molar-refractivity contribution in [3.8, 4) is 0 Å². The average molecular weight is 426 g/mol. The van der Waals surface area contributed by atoms with Gasteiger partial charge in [-0.2, -0.15) is 4.31 Å². The van der Waals surface area contributed by atoms with E-state index in [0.717, 1.165) is 19.4 Å². The van der Waals surface area contributed by atoms with Crippen molar-refractivity contribution in [2.75, 3.05) is 39.3 Å². The molecule has 162 valence electrons. The number of rotatable bonds is 5. The van der Waals surface area contributed by atoms with E-state index in [-0.39, 0.29) is 22.3 Å². The summed E-state index contributed by atoms with van der Waals surface area (Å²) in [6.07, 6.45) is 1.85. The molecule has 0 bridgehead atoms. The van der Waals surface area contributed by atoms with E-state index in [9.17, 15) is 17.6 Å². The summed E-state index contributed by atoms with van der Waals surface area (Å²) in [6.45, 7) is 11.1. The van der Waals surface area contributed by atoms with E-state index >= 15 is 0 Å². The zero-order valence-electron chi connectivity index (χ0n) is 17.8. The van der Waals surface area contributed by atoms with Gasteiger partial charge >= 0.3 is 0 Å². The van der Waals surface area contributed by atoms with E-state index in [4.69, 9.17) is 0 Å². The first-order valence-corrected chi connectivity index (χ1v) is 11.8. The van der Waals surface area contributed by atoms with Gasteiger partial charge in [0, 0.05) is 50.7 Å². The first-order chi connectivity index (χ1) is 13.6. The molecule has 0 aromatic heterocycles. The average Bonchev–Trinajstić information content (AvgIpc) is 3.15. The smallest absolute Gasteiger partial charge is 0.243 e. The monoisotopic (exact) mass is 425 g/mol. The maximum atomic E-state index is 13.5. The van der Waals surface area contributed by atoms with E-state index < -0.39 is 15.8 Å². The number of hydrogen-bond donors (Lipinski definition) is 0. The molecule has 0 unspecified atom stereocenters. The lowest BCUT2D eigenvalue weighted by Gasteiger charge is -2.45. The minimum Gasteiger partial charge on any atom is -0.341 e. The summed E-state index contributed by atoms with van der Waals surface area (Å²) in [6, 6.07) is 3.95. The Morgan fingerprint density at radius 1 is 1.17 bits per heavy atom. The van der Waals surface area contributed by atoms with Crippen molar-refractivity contribution in [1.29, 1.82) is 0 Å². The van der Waals surface area contributed by atoms with Crippen LogP contribution in [0.5, 0.6) is 0 Å². The van der Waals surface area contributed by atoms with Gasteiger partial charge in [-0.25, -0.2) is 12.8 Å². The largest absolute Gasteiger partial charge is 0.341 e. The highest BCUT2D eigenvalue weighted by atomic mass is 32.2. The Morgan fingerprint density at radius 2 is 1.83 bits per heavy atom. The molecule has 1 aromatic carbocycles. The number of benzene rings is 1.